The molecule has 0 radical (unpaired) electrons. The number of hydrogen-bond acceptors (Lipinski definition) is 2. The second-order valence-electron chi connectivity index (χ2n) is 4.36. The first-order valence-corrected chi connectivity index (χ1v) is 5.54. The van der Waals surface area contributed by atoms with E-state index >= 15 is 0 Å². The maximum atomic E-state index is 9.61. The zero-order valence-corrected chi connectivity index (χ0v) is 8.69. The van der Waals surface area contributed by atoms with Crippen LogP contribution in [0.1, 0.15) is 23.6 Å². The molecule has 15 heavy (non-hydrogen) atoms. The third-order valence-electron chi connectivity index (χ3n) is 3.49. The fourth-order valence-electron chi connectivity index (χ4n) is 2.67. The quantitative estimate of drug-likeness (QED) is 0.697. The number of fused-ring (bicyclic) bond motifs is 3. The molecule has 1 aromatic carbocycles. The summed E-state index contributed by atoms with van der Waals surface area (Å²) < 4.78 is 0. The molecule has 0 bridgehead atoms. The van der Waals surface area contributed by atoms with E-state index in [0.717, 1.165) is 25.9 Å². The maximum Gasteiger partial charge on any atom is 0.0914 e. The van der Waals surface area contributed by atoms with E-state index in [4.69, 9.17) is 0 Å². The molecule has 0 amide bonds. The van der Waals surface area contributed by atoms with Gasteiger partial charge in [0.05, 0.1) is 5.76 Å². The lowest BCUT2D eigenvalue weighted by molar-refractivity contribution is 0.168. The summed E-state index contributed by atoms with van der Waals surface area (Å²) >= 11 is 0. The molecule has 1 unspecified atom stereocenters. The van der Waals surface area contributed by atoms with E-state index in [2.05, 4.69) is 29.2 Å². The fourth-order valence-corrected chi connectivity index (χ4v) is 2.67. The van der Waals surface area contributed by atoms with Gasteiger partial charge in [-0.1, -0.05) is 24.3 Å². The van der Waals surface area contributed by atoms with Crippen LogP contribution in [0.2, 0.25) is 0 Å². The van der Waals surface area contributed by atoms with Crippen LogP contribution in [0.4, 0.5) is 0 Å². The number of benzene rings is 1. The van der Waals surface area contributed by atoms with E-state index < -0.39 is 0 Å². The molecule has 2 heteroatoms. The van der Waals surface area contributed by atoms with Crippen LogP contribution in [-0.4, -0.2) is 23.1 Å². The molecule has 0 saturated heterocycles. The van der Waals surface area contributed by atoms with Gasteiger partial charge in [-0.2, -0.15) is 0 Å². The van der Waals surface area contributed by atoms with Crippen molar-refractivity contribution < 1.29 is 5.11 Å². The van der Waals surface area contributed by atoms with Crippen molar-refractivity contribution in [2.45, 2.75) is 18.9 Å². The highest BCUT2D eigenvalue weighted by molar-refractivity contribution is 5.34. The van der Waals surface area contributed by atoms with Gasteiger partial charge in [-0.3, -0.25) is 4.90 Å². The van der Waals surface area contributed by atoms with Crippen LogP contribution in [0.15, 0.2) is 36.1 Å². The second-order valence-corrected chi connectivity index (χ2v) is 4.36. The molecule has 1 N–H and O–H groups in total. The van der Waals surface area contributed by atoms with Crippen molar-refractivity contribution in [3.8, 4) is 0 Å². The Bertz CT molecular complexity index is 411. The lowest BCUT2D eigenvalue weighted by atomic mass is 9.88. The van der Waals surface area contributed by atoms with Crippen molar-refractivity contribution in [2.24, 2.45) is 0 Å². The molecule has 3 rings (SSSR count). The first-order chi connectivity index (χ1) is 7.34. The highest BCUT2D eigenvalue weighted by Crippen LogP contribution is 2.35. The van der Waals surface area contributed by atoms with Crippen LogP contribution in [0.25, 0.3) is 0 Å². The second kappa shape index (κ2) is 3.38. The summed E-state index contributed by atoms with van der Waals surface area (Å²) in [7, 11) is 0. The molecule has 2 heterocycles. The van der Waals surface area contributed by atoms with Gasteiger partial charge in [0.25, 0.3) is 0 Å². The average molecular weight is 201 g/mol. The normalized spacial score (nSPS) is 25.3. The number of hydrogen-bond donors (Lipinski definition) is 1. The molecule has 1 aromatic rings. The first-order valence-electron chi connectivity index (χ1n) is 5.54. The topological polar surface area (TPSA) is 23.5 Å². The zero-order chi connectivity index (χ0) is 10.3. The van der Waals surface area contributed by atoms with E-state index in [-0.39, 0.29) is 0 Å². The van der Waals surface area contributed by atoms with Crippen molar-refractivity contribution >= 4 is 0 Å². The van der Waals surface area contributed by atoms with Gasteiger partial charge in [0.1, 0.15) is 0 Å². The largest absolute Gasteiger partial charge is 0.513 e. The van der Waals surface area contributed by atoms with Gasteiger partial charge >= 0.3 is 0 Å². The van der Waals surface area contributed by atoms with Crippen molar-refractivity contribution in [3.63, 3.8) is 0 Å². The molecule has 0 fully saturated rings. The van der Waals surface area contributed by atoms with E-state index in [0.29, 0.717) is 11.8 Å². The number of aliphatic hydroxyl groups excluding tert-OH is 1. The summed E-state index contributed by atoms with van der Waals surface area (Å²) in [6.07, 6.45) is 3.85. The van der Waals surface area contributed by atoms with Gasteiger partial charge in [-0.25, -0.2) is 0 Å². The molecule has 78 valence electrons. The van der Waals surface area contributed by atoms with Crippen LogP contribution in [0.3, 0.4) is 0 Å². The van der Waals surface area contributed by atoms with Crippen molar-refractivity contribution in [1.82, 2.24) is 4.90 Å². The van der Waals surface area contributed by atoms with Crippen LogP contribution in [-0.2, 0) is 6.42 Å². The smallest absolute Gasteiger partial charge is 0.0914 e. The zero-order valence-electron chi connectivity index (χ0n) is 8.69. The predicted molar refractivity (Wildman–Crippen MR) is 59.8 cm³/mol. The number of rotatable bonds is 0. The first kappa shape index (κ1) is 8.98. The third-order valence-corrected chi connectivity index (χ3v) is 3.49. The monoisotopic (exact) mass is 201 g/mol. The highest BCUT2D eigenvalue weighted by atomic mass is 16.3. The van der Waals surface area contributed by atoms with E-state index in [1.54, 1.807) is 0 Å². The molecular formula is C13H15NO. The molecule has 1 atom stereocenters. The fraction of sp³-hybridized carbons (Fsp3) is 0.385. The highest BCUT2D eigenvalue weighted by Gasteiger charge is 2.29. The van der Waals surface area contributed by atoms with Crippen LogP contribution >= 0.6 is 0 Å². The van der Waals surface area contributed by atoms with Crippen LogP contribution in [0, 0.1) is 0 Å². The predicted octanol–water partition coefficient (Wildman–Crippen LogP) is 2.43. The molecule has 0 spiro atoms. The Balaban J connectivity index is 2.02. The average Bonchev–Trinajstić information content (AvgIpc) is 2.29. The van der Waals surface area contributed by atoms with Crippen LogP contribution in [0.5, 0.6) is 0 Å². The van der Waals surface area contributed by atoms with Gasteiger partial charge in [0, 0.05) is 25.6 Å². The summed E-state index contributed by atoms with van der Waals surface area (Å²) in [6.45, 7) is 2.01. The van der Waals surface area contributed by atoms with Crippen molar-refractivity contribution in [2.75, 3.05) is 13.1 Å². The van der Waals surface area contributed by atoms with Crippen molar-refractivity contribution in [1.29, 1.82) is 0 Å². The third kappa shape index (κ3) is 1.45. The summed E-state index contributed by atoms with van der Waals surface area (Å²) in [5, 5.41) is 9.61. The van der Waals surface area contributed by atoms with E-state index in [1.807, 2.05) is 6.08 Å². The van der Waals surface area contributed by atoms with Gasteiger partial charge in [0.15, 0.2) is 0 Å². The molecule has 2 nitrogen and oxygen atoms in total. The SMILES string of the molecule is OC1=CCN2CCc3ccccc3C2C1. The Labute approximate surface area is 89.8 Å². The summed E-state index contributed by atoms with van der Waals surface area (Å²) in [4.78, 5) is 2.45. The minimum Gasteiger partial charge on any atom is -0.513 e. The van der Waals surface area contributed by atoms with Gasteiger partial charge in [0.2, 0.25) is 0 Å². The lowest BCUT2D eigenvalue weighted by Gasteiger charge is -2.39. The standard InChI is InChI=1S/C13H15NO/c15-11-6-8-14-7-5-10-3-1-2-4-12(10)13(14)9-11/h1-4,6,13,15H,5,7-9H2. The minimum absolute atomic E-state index is 0.403. The van der Waals surface area contributed by atoms with E-state index in [1.165, 1.54) is 11.1 Å². The summed E-state index contributed by atoms with van der Waals surface area (Å²) in [5.41, 5.74) is 2.86. The Hall–Kier alpha value is -1.28. The minimum atomic E-state index is 0.403. The van der Waals surface area contributed by atoms with E-state index in [9.17, 15) is 5.11 Å². The Morgan fingerprint density at radius 1 is 1.27 bits per heavy atom. The van der Waals surface area contributed by atoms with Gasteiger partial charge in [-0.15, -0.1) is 0 Å². The lowest BCUT2D eigenvalue weighted by Crippen LogP contribution is -2.38. The maximum absolute atomic E-state index is 9.61. The number of aliphatic hydroxyl groups is 1. The van der Waals surface area contributed by atoms with Gasteiger partial charge in [-0.05, 0) is 23.6 Å². The Kier molecular flexibility index (Phi) is 2.03. The Morgan fingerprint density at radius 2 is 2.13 bits per heavy atom. The molecule has 0 aliphatic carbocycles. The molecule has 0 saturated carbocycles. The Morgan fingerprint density at radius 3 is 3.07 bits per heavy atom. The van der Waals surface area contributed by atoms with Crippen LogP contribution < -0.4 is 0 Å². The molecule has 2 aliphatic rings. The molecule has 2 aliphatic heterocycles. The van der Waals surface area contributed by atoms with Gasteiger partial charge < -0.3 is 5.11 Å². The van der Waals surface area contributed by atoms with Crippen molar-refractivity contribution in [3.05, 3.63) is 47.2 Å². The summed E-state index contributed by atoms with van der Waals surface area (Å²) in [6, 6.07) is 9.01. The number of nitrogens with zero attached hydrogens (tertiary/aromatic N) is 1. The molecule has 0 aromatic heterocycles. The molecular weight excluding hydrogens is 186 g/mol. The summed E-state index contributed by atoms with van der Waals surface area (Å²) in [5.74, 6) is 0.549.